The summed E-state index contributed by atoms with van der Waals surface area (Å²) in [5, 5.41) is 3.32. The lowest BCUT2D eigenvalue weighted by Gasteiger charge is -2.25. The third kappa shape index (κ3) is 3.35. The molecule has 0 spiro atoms. The van der Waals surface area contributed by atoms with Gasteiger partial charge in [-0.1, -0.05) is 57.0 Å². The van der Waals surface area contributed by atoms with E-state index in [9.17, 15) is 0 Å². The number of nitrogens with one attached hydrogen (secondary N) is 1. The fourth-order valence-corrected chi connectivity index (χ4v) is 2.33. The molecule has 0 amide bonds. The highest BCUT2D eigenvalue weighted by Gasteiger charge is 2.19. The molecule has 0 fully saturated rings. The Balaban J connectivity index is 2.81. The van der Waals surface area contributed by atoms with Crippen LogP contribution < -0.4 is 5.32 Å². The highest BCUT2D eigenvalue weighted by Crippen LogP contribution is 2.28. The van der Waals surface area contributed by atoms with Gasteiger partial charge in [-0.3, -0.25) is 0 Å². The zero-order valence-electron chi connectivity index (χ0n) is 10.2. The number of benzene rings is 1. The van der Waals surface area contributed by atoms with E-state index >= 15 is 0 Å². The maximum Gasteiger partial charge on any atom is 0.00198 e. The molecule has 15 heavy (non-hydrogen) atoms. The van der Waals surface area contributed by atoms with Crippen LogP contribution in [-0.4, -0.2) is 13.6 Å². The molecule has 1 aromatic carbocycles. The first kappa shape index (κ1) is 12.3. The topological polar surface area (TPSA) is 12.0 Å². The minimum atomic E-state index is 0.659. The van der Waals surface area contributed by atoms with Gasteiger partial charge in [0.25, 0.3) is 0 Å². The van der Waals surface area contributed by atoms with E-state index in [1.165, 1.54) is 18.4 Å². The van der Waals surface area contributed by atoms with Gasteiger partial charge in [-0.15, -0.1) is 0 Å². The second-order valence-electron chi connectivity index (χ2n) is 4.15. The maximum absolute atomic E-state index is 3.32. The molecule has 1 aromatic rings. The van der Waals surface area contributed by atoms with Crippen LogP contribution in [-0.2, 0) is 0 Å². The van der Waals surface area contributed by atoms with E-state index < -0.39 is 0 Å². The van der Waals surface area contributed by atoms with Crippen molar-refractivity contribution in [3.63, 3.8) is 0 Å². The Labute approximate surface area is 93.9 Å². The molecule has 1 nitrogen and oxygen atoms in total. The van der Waals surface area contributed by atoms with E-state index in [-0.39, 0.29) is 0 Å². The molecule has 0 aliphatic rings. The van der Waals surface area contributed by atoms with Crippen molar-refractivity contribution in [2.75, 3.05) is 13.6 Å². The molecular formula is C14H23N. The molecule has 84 valence electrons. The summed E-state index contributed by atoms with van der Waals surface area (Å²) in [7, 11) is 2.04. The molecule has 0 heterocycles. The van der Waals surface area contributed by atoms with Gasteiger partial charge < -0.3 is 5.32 Å². The van der Waals surface area contributed by atoms with Crippen molar-refractivity contribution in [3.05, 3.63) is 35.9 Å². The highest BCUT2D eigenvalue weighted by atomic mass is 14.8. The quantitative estimate of drug-likeness (QED) is 0.750. The van der Waals surface area contributed by atoms with Crippen LogP contribution in [0.3, 0.4) is 0 Å². The summed E-state index contributed by atoms with van der Waals surface area (Å²) >= 11 is 0. The second kappa shape index (κ2) is 6.62. The minimum absolute atomic E-state index is 0.659. The average molecular weight is 205 g/mol. The number of rotatable bonds is 6. The van der Waals surface area contributed by atoms with Crippen molar-refractivity contribution >= 4 is 0 Å². The van der Waals surface area contributed by atoms with Gasteiger partial charge in [0, 0.05) is 6.54 Å². The number of hydrogen-bond acceptors (Lipinski definition) is 1. The van der Waals surface area contributed by atoms with Crippen molar-refractivity contribution in [2.24, 2.45) is 5.92 Å². The molecule has 0 aromatic heterocycles. The third-order valence-corrected chi connectivity index (χ3v) is 3.27. The molecule has 1 atom stereocenters. The smallest absolute Gasteiger partial charge is 0.00198 e. The fourth-order valence-electron chi connectivity index (χ4n) is 2.33. The molecule has 1 heteroatoms. The van der Waals surface area contributed by atoms with E-state index in [4.69, 9.17) is 0 Å². The van der Waals surface area contributed by atoms with Gasteiger partial charge in [0.2, 0.25) is 0 Å². The van der Waals surface area contributed by atoms with Crippen LogP contribution in [0.25, 0.3) is 0 Å². The van der Waals surface area contributed by atoms with Gasteiger partial charge in [-0.05, 0) is 24.4 Å². The van der Waals surface area contributed by atoms with Gasteiger partial charge in [-0.25, -0.2) is 0 Å². The summed E-state index contributed by atoms with van der Waals surface area (Å²) < 4.78 is 0. The van der Waals surface area contributed by atoms with Crippen molar-refractivity contribution in [1.29, 1.82) is 0 Å². The Kier molecular flexibility index (Phi) is 5.41. The first-order chi connectivity index (χ1) is 7.33. The zero-order valence-corrected chi connectivity index (χ0v) is 10.2. The zero-order chi connectivity index (χ0) is 11.1. The monoisotopic (exact) mass is 205 g/mol. The summed E-state index contributed by atoms with van der Waals surface area (Å²) in [4.78, 5) is 0. The Morgan fingerprint density at radius 1 is 1.07 bits per heavy atom. The molecule has 0 aliphatic carbocycles. The molecule has 0 aliphatic heterocycles. The Bertz CT molecular complexity index is 251. The van der Waals surface area contributed by atoms with E-state index in [1.54, 1.807) is 0 Å². The van der Waals surface area contributed by atoms with Crippen molar-refractivity contribution in [1.82, 2.24) is 5.32 Å². The highest BCUT2D eigenvalue weighted by molar-refractivity contribution is 5.20. The summed E-state index contributed by atoms with van der Waals surface area (Å²) in [6.45, 7) is 5.66. The molecular weight excluding hydrogens is 182 g/mol. The summed E-state index contributed by atoms with van der Waals surface area (Å²) in [5.74, 6) is 1.45. The van der Waals surface area contributed by atoms with Gasteiger partial charge in [0.15, 0.2) is 0 Å². The van der Waals surface area contributed by atoms with Crippen LogP contribution in [0.15, 0.2) is 30.3 Å². The van der Waals surface area contributed by atoms with Gasteiger partial charge in [0.05, 0.1) is 0 Å². The van der Waals surface area contributed by atoms with Crippen LogP contribution in [0.4, 0.5) is 0 Å². The minimum Gasteiger partial charge on any atom is -0.319 e. The average Bonchev–Trinajstić information content (AvgIpc) is 2.30. The Morgan fingerprint density at radius 3 is 2.13 bits per heavy atom. The molecule has 0 saturated carbocycles. The van der Waals surface area contributed by atoms with Crippen molar-refractivity contribution in [2.45, 2.75) is 32.6 Å². The molecule has 1 rings (SSSR count). The summed E-state index contributed by atoms with van der Waals surface area (Å²) in [5.41, 5.74) is 1.47. The fraction of sp³-hybridized carbons (Fsp3) is 0.571. The normalized spacial score (nSPS) is 13.1. The van der Waals surface area contributed by atoms with Crippen molar-refractivity contribution in [3.8, 4) is 0 Å². The molecule has 0 radical (unpaired) electrons. The predicted octanol–water partition coefficient (Wildman–Crippen LogP) is 3.43. The van der Waals surface area contributed by atoms with E-state index in [2.05, 4.69) is 49.5 Å². The van der Waals surface area contributed by atoms with Gasteiger partial charge in [0.1, 0.15) is 0 Å². The molecule has 1 unspecified atom stereocenters. The van der Waals surface area contributed by atoms with Crippen LogP contribution >= 0.6 is 0 Å². The summed E-state index contributed by atoms with van der Waals surface area (Å²) in [6, 6.07) is 10.9. The SMILES string of the molecule is CCC(CC)C(CNC)c1ccccc1. The Morgan fingerprint density at radius 2 is 1.67 bits per heavy atom. The molecule has 1 N–H and O–H groups in total. The first-order valence-corrected chi connectivity index (χ1v) is 6.03. The lowest BCUT2D eigenvalue weighted by molar-refractivity contribution is 0.387. The van der Waals surface area contributed by atoms with Crippen LogP contribution in [0, 0.1) is 5.92 Å². The number of likely N-dealkylation sites (N-methyl/N-ethyl adjacent to an activating group) is 1. The Hall–Kier alpha value is -0.820. The van der Waals surface area contributed by atoms with E-state index in [0.29, 0.717) is 5.92 Å². The molecule has 0 saturated heterocycles. The summed E-state index contributed by atoms with van der Waals surface area (Å²) in [6.07, 6.45) is 2.52. The van der Waals surface area contributed by atoms with Gasteiger partial charge >= 0.3 is 0 Å². The van der Waals surface area contributed by atoms with Gasteiger partial charge in [-0.2, -0.15) is 0 Å². The molecule has 0 bridgehead atoms. The van der Waals surface area contributed by atoms with E-state index in [1.807, 2.05) is 7.05 Å². The standard InChI is InChI=1S/C14H23N/c1-4-12(5-2)14(11-15-3)13-9-7-6-8-10-13/h6-10,12,14-15H,4-5,11H2,1-3H3. The van der Waals surface area contributed by atoms with E-state index in [0.717, 1.165) is 12.5 Å². The maximum atomic E-state index is 3.32. The van der Waals surface area contributed by atoms with Crippen LogP contribution in [0.2, 0.25) is 0 Å². The largest absolute Gasteiger partial charge is 0.319 e. The number of hydrogen-bond donors (Lipinski definition) is 1. The third-order valence-electron chi connectivity index (χ3n) is 3.27. The van der Waals surface area contributed by atoms with Crippen molar-refractivity contribution < 1.29 is 0 Å². The first-order valence-electron chi connectivity index (χ1n) is 6.03. The van der Waals surface area contributed by atoms with Crippen LogP contribution in [0.1, 0.15) is 38.2 Å². The second-order valence-corrected chi connectivity index (χ2v) is 4.15. The lowest BCUT2D eigenvalue weighted by Crippen LogP contribution is -2.23. The lowest BCUT2D eigenvalue weighted by atomic mass is 9.82. The predicted molar refractivity (Wildman–Crippen MR) is 67.2 cm³/mol. The van der Waals surface area contributed by atoms with Crippen LogP contribution in [0.5, 0.6) is 0 Å².